The molecule has 0 spiro atoms. The van der Waals surface area contributed by atoms with Gasteiger partial charge in [-0.2, -0.15) is 15.4 Å². The highest BCUT2D eigenvalue weighted by Gasteiger charge is 2.47. The topological polar surface area (TPSA) is 58.6 Å². The van der Waals surface area contributed by atoms with Crippen LogP contribution in [0, 0.1) is 11.2 Å². The highest BCUT2D eigenvalue weighted by molar-refractivity contribution is 6.07. The molecule has 0 saturated carbocycles. The van der Waals surface area contributed by atoms with E-state index in [-0.39, 0.29) is 17.0 Å². The summed E-state index contributed by atoms with van der Waals surface area (Å²) >= 11 is 0. The minimum absolute atomic E-state index is 0.134. The molecule has 0 amide bonds. The molecule has 26 heavy (non-hydrogen) atoms. The molecule has 1 N–H and O–H groups in total. The van der Waals surface area contributed by atoms with E-state index in [9.17, 15) is 9.18 Å². The predicted molar refractivity (Wildman–Crippen MR) is 97.0 cm³/mol. The van der Waals surface area contributed by atoms with Crippen LogP contribution in [0.3, 0.4) is 0 Å². The second-order valence-electron chi connectivity index (χ2n) is 7.47. The molecule has 4 nitrogen and oxygen atoms in total. The van der Waals surface area contributed by atoms with Gasteiger partial charge in [-0.1, -0.05) is 18.2 Å². The van der Waals surface area contributed by atoms with E-state index in [1.54, 1.807) is 0 Å². The summed E-state index contributed by atoms with van der Waals surface area (Å²) in [4.78, 5) is 12.5. The van der Waals surface area contributed by atoms with Crippen LogP contribution in [0.2, 0.25) is 0 Å². The Labute approximate surface area is 150 Å². The van der Waals surface area contributed by atoms with Gasteiger partial charge in [0, 0.05) is 11.8 Å². The molecular formula is C21H18FN3O. The number of carbonyl (C=O) groups excluding carboxylic acids is 1. The maximum absolute atomic E-state index is 13.3. The van der Waals surface area contributed by atoms with Crippen LogP contribution in [0.5, 0.6) is 0 Å². The van der Waals surface area contributed by atoms with Gasteiger partial charge in [-0.3, -0.25) is 4.79 Å². The van der Waals surface area contributed by atoms with Crippen molar-refractivity contribution in [2.45, 2.75) is 32.6 Å². The molecule has 1 unspecified atom stereocenters. The summed E-state index contributed by atoms with van der Waals surface area (Å²) in [6.07, 6.45) is 3.00. The van der Waals surface area contributed by atoms with Crippen LogP contribution >= 0.6 is 0 Å². The lowest BCUT2D eigenvalue weighted by Crippen LogP contribution is -2.30. The number of Topliss-reactive ketones (excluding diaryl/α,β-unsaturated/α-hetero) is 1. The molecule has 5 heteroatoms. The number of nitrogens with zero attached hydrogens (tertiary/aromatic N) is 2. The third kappa shape index (κ3) is 2.09. The van der Waals surface area contributed by atoms with Gasteiger partial charge < -0.3 is 0 Å². The number of hydrogen-bond acceptors (Lipinski definition) is 3. The molecule has 2 aliphatic carbocycles. The maximum atomic E-state index is 13.3. The summed E-state index contributed by atoms with van der Waals surface area (Å²) in [5, 5.41) is 11.3. The number of benzene rings is 2. The van der Waals surface area contributed by atoms with Gasteiger partial charge in [-0.15, -0.1) is 0 Å². The average Bonchev–Trinajstić information content (AvgIpc) is 3.23. The van der Waals surface area contributed by atoms with E-state index in [4.69, 9.17) is 0 Å². The minimum atomic E-state index is -0.226. The van der Waals surface area contributed by atoms with Crippen LogP contribution in [0.4, 0.5) is 4.39 Å². The van der Waals surface area contributed by atoms with Crippen LogP contribution in [0.1, 0.15) is 36.5 Å². The molecular weight excluding hydrogens is 329 g/mol. The van der Waals surface area contributed by atoms with Gasteiger partial charge in [0.15, 0.2) is 5.78 Å². The monoisotopic (exact) mass is 347 g/mol. The quantitative estimate of drug-likeness (QED) is 0.762. The minimum Gasteiger partial charge on any atom is -0.295 e. The van der Waals surface area contributed by atoms with Crippen molar-refractivity contribution in [2.24, 2.45) is 5.41 Å². The number of nitrogens with one attached hydrogen (secondary N) is 1. The molecule has 0 fully saturated rings. The largest absolute Gasteiger partial charge is 0.295 e. The van der Waals surface area contributed by atoms with E-state index in [0.717, 1.165) is 52.6 Å². The van der Waals surface area contributed by atoms with Gasteiger partial charge in [0.1, 0.15) is 16.9 Å². The highest BCUT2D eigenvalue weighted by Crippen LogP contribution is 2.56. The Morgan fingerprint density at radius 1 is 1.15 bits per heavy atom. The zero-order valence-corrected chi connectivity index (χ0v) is 14.5. The van der Waals surface area contributed by atoms with Crippen LogP contribution in [0.25, 0.3) is 16.6 Å². The van der Waals surface area contributed by atoms with E-state index >= 15 is 0 Å². The second kappa shape index (κ2) is 5.34. The third-order valence-corrected chi connectivity index (χ3v) is 5.99. The first-order chi connectivity index (χ1) is 12.6. The smallest absolute Gasteiger partial charge is 0.158 e. The summed E-state index contributed by atoms with van der Waals surface area (Å²) in [5.41, 5.74) is 7.01. The number of halogens is 1. The van der Waals surface area contributed by atoms with Gasteiger partial charge in [0.25, 0.3) is 0 Å². The lowest BCUT2D eigenvalue weighted by Gasteiger charge is -2.36. The number of ketones is 1. The first-order valence-corrected chi connectivity index (χ1v) is 8.89. The molecule has 1 aromatic heterocycles. The molecule has 0 bridgehead atoms. The molecule has 2 aliphatic rings. The van der Waals surface area contributed by atoms with Crippen molar-refractivity contribution in [3.63, 3.8) is 0 Å². The van der Waals surface area contributed by atoms with E-state index in [1.165, 1.54) is 17.7 Å². The van der Waals surface area contributed by atoms with Crippen molar-refractivity contribution < 1.29 is 9.18 Å². The van der Waals surface area contributed by atoms with Gasteiger partial charge in [-0.25, -0.2) is 4.39 Å². The van der Waals surface area contributed by atoms with Crippen molar-refractivity contribution in [3.8, 4) is 0 Å². The molecule has 3 aromatic rings. The number of aromatic nitrogens is 3. The first-order valence-electron chi connectivity index (χ1n) is 8.89. The molecule has 0 radical (unpaired) electrons. The molecule has 0 aliphatic heterocycles. The Bertz CT molecular complexity index is 1080. The number of H-pyrrole nitrogens is 1. The fourth-order valence-electron chi connectivity index (χ4n) is 4.82. The fourth-order valence-corrected chi connectivity index (χ4v) is 4.82. The van der Waals surface area contributed by atoms with Crippen molar-refractivity contribution in [1.82, 2.24) is 15.4 Å². The first kappa shape index (κ1) is 15.4. The van der Waals surface area contributed by atoms with E-state index < -0.39 is 0 Å². The number of allylic oxidation sites excluding steroid dienone is 2. The van der Waals surface area contributed by atoms with Gasteiger partial charge in [0.2, 0.25) is 0 Å². The van der Waals surface area contributed by atoms with Crippen LogP contribution in [-0.4, -0.2) is 21.2 Å². The van der Waals surface area contributed by atoms with Crippen LogP contribution < -0.4 is 0 Å². The standard InChI is InChI=1S/C21H18FN3O/c1-12-18(26)8-9-21(10-13-2-4-14(22)5-3-13)11-16-15(19(12)21)6-7-17-20(16)24-25-23-17/h2-7H,8-11H2,1H3,(H,23,24,25). The zero-order valence-electron chi connectivity index (χ0n) is 14.5. The van der Waals surface area contributed by atoms with E-state index in [1.807, 2.05) is 25.1 Å². The number of hydrogen-bond donors (Lipinski definition) is 1. The average molecular weight is 347 g/mol. The zero-order chi connectivity index (χ0) is 17.9. The van der Waals surface area contributed by atoms with Crippen molar-refractivity contribution in [2.75, 3.05) is 0 Å². The van der Waals surface area contributed by atoms with Crippen LogP contribution in [0.15, 0.2) is 42.0 Å². The Kier molecular flexibility index (Phi) is 3.17. The second-order valence-corrected chi connectivity index (χ2v) is 7.47. The normalized spacial score (nSPS) is 22.0. The molecule has 0 saturated heterocycles. The van der Waals surface area contributed by atoms with Crippen molar-refractivity contribution in [3.05, 3.63) is 64.5 Å². The lowest BCUT2D eigenvalue weighted by atomic mass is 9.67. The SMILES string of the molecule is CC1=C2c3ccc4n[nH]nc4c3CC2(Cc2ccc(F)cc2)CCC1=O. The highest BCUT2D eigenvalue weighted by atomic mass is 19.1. The summed E-state index contributed by atoms with van der Waals surface area (Å²) in [5.74, 6) is -0.00105. The fraction of sp³-hybridized carbons (Fsp3) is 0.286. The third-order valence-electron chi connectivity index (χ3n) is 5.99. The number of aromatic amines is 1. The molecule has 130 valence electrons. The maximum Gasteiger partial charge on any atom is 0.158 e. The number of carbonyl (C=O) groups is 1. The van der Waals surface area contributed by atoms with Crippen LogP contribution in [-0.2, 0) is 17.6 Å². The molecule has 2 aromatic carbocycles. The summed E-state index contributed by atoms with van der Waals surface area (Å²) in [6, 6.07) is 10.8. The molecule has 1 heterocycles. The van der Waals surface area contributed by atoms with Gasteiger partial charge in [0.05, 0.1) is 0 Å². The molecule has 1 atom stereocenters. The number of rotatable bonds is 2. The number of fused-ring (bicyclic) bond motifs is 5. The Morgan fingerprint density at radius 2 is 1.96 bits per heavy atom. The Morgan fingerprint density at radius 3 is 2.77 bits per heavy atom. The lowest BCUT2D eigenvalue weighted by molar-refractivity contribution is -0.116. The van der Waals surface area contributed by atoms with Crippen molar-refractivity contribution >= 4 is 22.4 Å². The van der Waals surface area contributed by atoms with E-state index in [0.29, 0.717) is 6.42 Å². The predicted octanol–water partition coefficient (Wildman–Crippen LogP) is 4.02. The van der Waals surface area contributed by atoms with Gasteiger partial charge in [-0.05, 0) is 72.2 Å². The Balaban J connectivity index is 1.70. The summed E-state index contributed by atoms with van der Waals surface area (Å²) < 4.78 is 13.3. The Hall–Kier alpha value is -2.82. The summed E-state index contributed by atoms with van der Waals surface area (Å²) in [7, 11) is 0. The van der Waals surface area contributed by atoms with Crippen molar-refractivity contribution in [1.29, 1.82) is 0 Å². The summed E-state index contributed by atoms with van der Waals surface area (Å²) in [6.45, 7) is 1.94. The van der Waals surface area contributed by atoms with Gasteiger partial charge >= 0.3 is 0 Å². The molecule has 5 rings (SSSR count). The van der Waals surface area contributed by atoms with E-state index in [2.05, 4.69) is 21.5 Å².